The highest BCUT2D eigenvalue weighted by Gasteiger charge is 2.14. The molecule has 1 heterocycles. The van der Waals surface area contributed by atoms with Gasteiger partial charge in [0, 0.05) is 22.6 Å². The van der Waals surface area contributed by atoms with Crippen LogP contribution in [0.15, 0.2) is 41.8 Å². The molecule has 0 atom stereocenters. The molecular formula is C22H22N2O3S. The first-order valence-corrected chi connectivity index (χ1v) is 10.2. The SMILES string of the molecule is COc1cc(OC)cc(C(=O)Nc2nc(-c3ccc4c(c3)CCCC4)cs2)c1. The predicted octanol–water partition coefficient (Wildman–Crippen LogP) is 4.96. The normalized spacial score (nSPS) is 12.9. The van der Waals surface area contributed by atoms with Crippen LogP contribution in [-0.4, -0.2) is 25.1 Å². The molecule has 1 aromatic heterocycles. The van der Waals surface area contributed by atoms with Gasteiger partial charge >= 0.3 is 0 Å². The number of aryl methyl sites for hydroxylation is 2. The number of ether oxygens (including phenoxy) is 2. The summed E-state index contributed by atoms with van der Waals surface area (Å²) >= 11 is 1.42. The first kappa shape index (κ1) is 18.5. The summed E-state index contributed by atoms with van der Waals surface area (Å²) in [6.45, 7) is 0. The number of carbonyl (C=O) groups is 1. The van der Waals surface area contributed by atoms with Crippen LogP contribution in [0.5, 0.6) is 11.5 Å². The van der Waals surface area contributed by atoms with Crippen LogP contribution in [0.2, 0.25) is 0 Å². The van der Waals surface area contributed by atoms with Gasteiger partial charge in [0.2, 0.25) is 0 Å². The van der Waals surface area contributed by atoms with Crippen molar-refractivity contribution >= 4 is 22.4 Å². The van der Waals surface area contributed by atoms with Gasteiger partial charge in [0.1, 0.15) is 11.5 Å². The third-order valence-electron chi connectivity index (χ3n) is 4.98. The summed E-state index contributed by atoms with van der Waals surface area (Å²) in [6.07, 6.45) is 4.82. The molecule has 6 heteroatoms. The van der Waals surface area contributed by atoms with E-state index in [0.29, 0.717) is 22.2 Å². The molecule has 5 nitrogen and oxygen atoms in total. The first-order valence-electron chi connectivity index (χ1n) is 9.28. The van der Waals surface area contributed by atoms with Crippen LogP contribution in [-0.2, 0) is 12.8 Å². The van der Waals surface area contributed by atoms with E-state index in [-0.39, 0.29) is 5.91 Å². The van der Waals surface area contributed by atoms with Gasteiger partial charge < -0.3 is 9.47 Å². The van der Waals surface area contributed by atoms with E-state index in [4.69, 9.17) is 9.47 Å². The third-order valence-corrected chi connectivity index (χ3v) is 5.74. The summed E-state index contributed by atoms with van der Waals surface area (Å²) in [6, 6.07) is 11.7. The van der Waals surface area contributed by atoms with Gasteiger partial charge in [0.25, 0.3) is 5.91 Å². The molecule has 28 heavy (non-hydrogen) atoms. The van der Waals surface area contributed by atoms with E-state index >= 15 is 0 Å². The van der Waals surface area contributed by atoms with Gasteiger partial charge in [-0.05, 0) is 55.0 Å². The molecule has 0 bridgehead atoms. The van der Waals surface area contributed by atoms with Crippen LogP contribution in [0.1, 0.15) is 34.3 Å². The van der Waals surface area contributed by atoms with Crippen LogP contribution < -0.4 is 14.8 Å². The minimum Gasteiger partial charge on any atom is -0.497 e. The summed E-state index contributed by atoms with van der Waals surface area (Å²) < 4.78 is 10.5. The summed E-state index contributed by atoms with van der Waals surface area (Å²) in [4.78, 5) is 17.2. The molecule has 0 spiro atoms. The zero-order valence-electron chi connectivity index (χ0n) is 16.0. The van der Waals surface area contributed by atoms with Crippen LogP contribution in [0.3, 0.4) is 0 Å². The van der Waals surface area contributed by atoms with Gasteiger partial charge in [0.15, 0.2) is 5.13 Å². The van der Waals surface area contributed by atoms with Gasteiger partial charge in [-0.25, -0.2) is 4.98 Å². The quantitative estimate of drug-likeness (QED) is 0.665. The van der Waals surface area contributed by atoms with E-state index in [9.17, 15) is 4.79 Å². The van der Waals surface area contributed by atoms with Crippen molar-refractivity contribution in [2.24, 2.45) is 0 Å². The Balaban J connectivity index is 1.53. The van der Waals surface area contributed by atoms with Crippen molar-refractivity contribution in [1.29, 1.82) is 0 Å². The molecule has 1 amide bonds. The second-order valence-corrected chi connectivity index (χ2v) is 7.64. The van der Waals surface area contributed by atoms with Crippen molar-refractivity contribution in [3.05, 3.63) is 58.5 Å². The Morgan fingerprint density at radius 1 is 1.00 bits per heavy atom. The molecule has 0 fully saturated rings. The number of rotatable bonds is 5. The number of methoxy groups -OCH3 is 2. The maximum atomic E-state index is 12.6. The molecule has 3 aromatic rings. The Kier molecular flexibility index (Phi) is 5.30. The highest BCUT2D eigenvalue weighted by Crippen LogP contribution is 2.30. The zero-order valence-corrected chi connectivity index (χ0v) is 16.8. The van der Waals surface area contributed by atoms with Crippen molar-refractivity contribution in [1.82, 2.24) is 4.98 Å². The molecule has 0 unspecified atom stereocenters. The number of amides is 1. The number of nitrogens with one attached hydrogen (secondary N) is 1. The Bertz CT molecular complexity index is 991. The van der Waals surface area contributed by atoms with E-state index < -0.39 is 0 Å². The van der Waals surface area contributed by atoms with E-state index in [1.165, 1.54) is 35.3 Å². The van der Waals surface area contributed by atoms with Crippen molar-refractivity contribution in [2.45, 2.75) is 25.7 Å². The van der Waals surface area contributed by atoms with Gasteiger partial charge in [-0.15, -0.1) is 11.3 Å². The van der Waals surface area contributed by atoms with Gasteiger partial charge in [-0.2, -0.15) is 0 Å². The number of aromatic nitrogens is 1. The summed E-state index contributed by atoms with van der Waals surface area (Å²) in [5, 5.41) is 5.42. The summed E-state index contributed by atoms with van der Waals surface area (Å²) in [5.74, 6) is 0.889. The lowest BCUT2D eigenvalue weighted by molar-refractivity contribution is 0.102. The minimum absolute atomic E-state index is 0.247. The van der Waals surface area contributed by atoms with Crippen LogP contribution in [0, 0.1) is 0 Å². The number of nitrogens with zero attached hydrogens (tertiary/aromatic N) is 1. The lowest BCUT2D eigenvalue weighted by Gasteiger charge is -2.16. The highest BCUT2D eigenvalue weighted by atomic mass is 32.1. The largest absolute Gasteiger partial charge is 0.497 e. The summed E-state index contributed by atoms with van der Waals surface area (Å²) in [7, 11) is 3.12. The fourth-order valence-electron chi connectivity index (χ4n) is 3.46. The molecule has 1 aliphatic rings. The lowest BCUT2D eigenvalue weighted by atomic mass is 9.90. The van der Waals surface area contributed by atoms with Gasteiger partial charge in [-0.1, -0.05) is 12.1 Å². The summed E-state index contributed by atoms with van der Waals surface area (Å²) in [5.41, 5.74) is 5.32. The standard InChI is InChI=1S/C22H22N2O3S/c1-26-18-10-17(11-19(12-18)27-2)21(25)24-22-23-20(13-28-22)16-8-7-14-5-3-4-6-15(14)9-16/h7-13H,3-6H2,1-2H3,(H,23,24,25). The van der Waals surface area contributed by atoms with Crippen LogP contribution in [0.25, 0.3) is 11.3 Å². The molecule has 0 radical (unpaired) electrons. The highest BCUT2D eigenvalue weighted by molar-refractivity contribution is 7.14. The average Bonchev–Trinajstić information content (AvgIpc) is 3.21. The molecule has 2 aromatic carbocycles. The number of fused-ring (bicyclic) bond motifs is 1. The molecule has 144 valence electrons. The molecule has 0 saturated heterocycles. The Morgan fingerprint density at radius 3 is 2.43 bits per heavy atom. The number of thiazole rings is 1. The number of hydrogen-bond donors (Lipinski definition) is 1. The van der Waals surface area contributed by atoms with Crippen molar-refractivity contribution < 1.29 is 14.3 Å². The van der Waals surface area contributed by atoms with Crippen LogP contribution in [0.4, 0.5) is 5.13 Å². The lowest BCUT2D eigenvalue weighted by Crippen LogP contribution is -2.12. The average molecular weight is 394 g/mol. The topological polar surface area (TPSA) is 60.5 Å². The van der Waals surface area contributed by atoms with E-state index in [1.54, 1.807) is 32.4 Å². The Morgan fingerprint density at radius 2 is 1.71 bits per heavy atom. The second kappa shape index (κ2) is 8.02. The first-order chi connectivity index (χ1) is 13.7. The van der Waals surface area contributed by atoms with Gasteiger partial charge in [0.05, 0.1) is 19.9 Å². The fourth-order valence-corrected chi connectivity index (χ4v) is 4.18. The van der Waals surface area contributed by atoms with Crippen molar-refractivity contribution in [3.63, 3.8) is 0 Å². The van der Waals surface area contributed by atoms with Crippen molar-refractivity contribution in [2.75, 3.05) is 19.5 Å². The molecule has 1 N–H and O–H groups in total. The number of benzene rings is 2. The van der Waals surface area contributed by atoms with E-state index in [0.717, 1.165) is 24.1 Å². The number of anilines is 1. The minimum atomic E-state index is -0.247. The third kappa shape index (κ3) is 3.87. The molecule has 4 rings (SSSR count). The predicted molar refractivity (Wildman–Crippen MR) is 112 cm³/mol. The number of hydrogen-bond acceptors (Lipinski definition) is 5. The maximum absolute atomic E-state index is 12.6. The smallest absolute Gasteiger partial charge is 0.257 e. The Labute approximate surface area is 168 Å². The fraction of sp³-hybridized carbons (Fsp3) is 0.273. The van der Waals surface area contributed by atoms with E-state index in [1.807, 2.05) is 5.38 Å². The molecule has 1 aliphatic carbocycles. The molecule has 0 aliphatic heterocycles. The Hall–Kier alpha value is -2.86. The van der Waals surface area contributed by atoms with E-state index in [2.05, 4.69) is 28.5 Å². The molecule has 0 saturated carbocycles. The second-order valence-electron chi connectivity index (χ2n) is 6.78. The number of carbonyl (C=O) groups excluding carboxylic acids is 1. The monoisotopic (exact) mass is 394 g/mol. The van der Waals surface area contributed by atoms with Crippen LogP contribution >= 0.6 is 11.3 Å². The molecular weight excluding hydrogens is 372 g/mol. The van der Waals surface area contributed by atoms with Crippen molar-refractivity contribution in [3.8, 4) is 22.8 Å². The van der Waals surface area contributed by atoms with Gasteiger partial charge in [-0.3, -0.25) is 10.1 Å². The maximum Gasteiger partial charge on any atom is 0.257 e. The zero-order chi connectivity index (χ0) is 19.5.